The predicted molar refractivity (Wildman–Crippen MR) is 87.8 cm³/mol. The Bertz CT molecular complexity index is 992. The van der Waals surface area contributed by atoms with Crippen LogP contribution in [0.4, 0.5) is 26.3 Å². The highest BCUT2D eigenvalue weighted by molar-refractivity contribution is 5.82. The molecule has 0 radical (unpaired) electrons. The van der Waals surface area contributed by atoms with E-state index in [2.05, 4.69) is 4.98 Å². The summed E-state index contributed by atoms with van der Waals surface area (Å²) in [7, 11) is 0. The zero-order chi connectivity index (χ0) is 20.7. The number of para-hydroxylation sites is 1. The van der Waals surface area contributed by atoms with Gasteiger partial charge in [0.05, 0.1) is 17.4 Å². The number of halogens is 6. The summed E-state index contributed by atoms with van der Waals surface area (Å²) in [5.41, 5.74) is -0.901. The highest BCUT2D eigenvalue weighted by Crippen LogP contribution is 2.38. The van der Waals surface area contributed by atoms with Gasteiger partial charge in [0.1, 0.15) is 11.4 Å². The molecule has 4 nitrogen and oxygen atoms in total. The molecule has 1 atom stereocenters. The van der Waals surface area contributed by atoms with E-state index in [1.165, 1.54) is 37.4 Å². The van der Waals surface area contributed by atoms with E-state index in [-0.39, 0.29) is 28.2 Å². The number of ether oxygens (including phenoxy) is 1. The number of nitrogens with zero attached hydrogens (tertiary/aromatic N) is 2. The van der Waals surface area contributed by atoms with Gasteiger partial charge in [0.25, 0.3) is 0 Å². The van der Waals surface area contributed by atoms with Gasteiger partial charge >= 0.3 is 12.4 Å². The Labute approximate surface area is 155 Å². The molecule has 0 saturated carbocycles. The van der Waals surface area contributed by atoms with Crippen molar-refractivity contribution in [3.8, 4) is 16.9 Å². The van der Waals surface area contributed by atoms with Crippen LogP contribution in [-0.4, -0.2) is 27.3 Å². The molecule has 0 spiro atoms. The Morgan fingerprint density at radius 2 is 1.75 bits per heavy atom. The number of aromatic nitrogens is 2. The van der Waals surface area contributed by atoms with Gasteiger partial charge < -0.3 is 14.2 Å². The summed E-state index contributed by atoms with van der Waals surface area (Å²) in [4.78, 5) is 4.13. The summed E-state index contributed by atoms with van der Waals surface area (Å²) < 4.78 is 83.4. The van der Waals surface area contributed by atoms with Gasteiger partial charge in [-0.25, -0.2) is 4.98 Å². The lowest BCUT2D eigenvalue weighted by Gasteiger charge is -2.15. The minimum Gasteiger partial charge on any atom is -0.483 e. The maximum absolute atomic E-state index is 13.3. The molecule has 10 heteroatoms. The van der Waals surface area contributed by atoms with Crippen LogP contribution in [0.1, 0.15) is 24.3 Å². The maximum Gasteiger partial charge on any atom is 0.422 e. The molecule has 0 fully saturated rings. The minimum atomic E-state index is -4.69. The number of fused-ring (bicyclic) bond motifs is 1. The molecule has 3 aromatic rings. The van der Waals surface area contributed by atoms with E-state index in [4.69, 9.17) is 4.74 Å². The highest BCUT2D eigenvalue weighted by Gasteiger charge is 2.33. The molecule has 150 valence electrons. The molecule has 1 N–H and O–H groups in total. The monoisotopic (exact) mass is 404 g/mol. The van der Waals surface area contributed by atoms with Crippen molar-refractivity contribution in [3.05, 3.63) is 54.0 Å². The van der Waals surface area contributed by atoms with Crippen LogP contribution in [0.25, 0.3) is 16.8 Å². The molecule has 0 aliphatic heterocycles. The van der Waals surface area contributed by atoms with Crippen molar-refractivity contribution in [2.24, 2.45) is 0 Å². The van der Waals surface area contributed by atoms with Gasteiger partial charge in [0.15, 0.2) is 6.61 Å². The topological polar surface area (TPSA) is 46.8 Å². The molecule has 0 saturated heterocycles. The number of aliphatic hydroxyl groups is 1. The standard InChI is InChI=1S/C18H14F6N2O2/c1-10(27)14-8-26-7-11(18(22,23)24)6-13(16(26)25-14)12-4-2-3-5-15(12)28-9-17(19,20)21/h2-8,10,27H,9H2,1H3. The summed E-state index contributed by atoms with van der Waals surface area (Å²) in [6.07, 6.45) is -8.31. The van der Waals surface area contributed by atoms with E-state index in [0.717, 1.165) is 16.7 Å². The van der Waals surface area contributed by atoms with Crippen molar-refractivity contribution in [1.82, 2.24) is 9.38 Å². The quantitative estimate of drug-likeness (QED) is 0.622. The number of hydrogen-bond donors (Lipinski definition) is 1. The normalized spacial score (nSPS) is 13.7. The van der Waals surface area contributed by atoms with Crippen molar-refractivity contribution < 1.29 is 36.2 Å². The van der Waals surface area contributed by atoms with Crippen molar-refractivity contribution in [2.45, 2.75) is 25.4 Å². The number of hydrogen-bond acceptors (Lipinski definition) is 3. The highest BCUT2D eigenvalue weighted by atomic mass is 19.4. The fourth-order valence-electron chi connectivity index (χ4n) is 2.65. The van der Waals surface area contributed by atoms with Gasteiger partial charge in [-0.1, -0.05) is 18.2 Å². The first-order valence-electron chi connectivity index (χ1n) is 8.02. The number of alkyl halides is 6. The lowest BCUT2D eigenvalue weighted by Crippen LogP contribution is -2.19. The van der Waals surface area contributed by atoms with E-state index in [0.29, 0.717) is 0 Å². The first-order chi connectivity index (χ1) is 13.0. The summed E-state index contributed by atoms with van der Waals surface area (Å²) >= 11 is 0. The average molecular weight is 404 g/mol. The SMILES string of the molecule is CC(O)c1cn2cc(C(F)(F)F)cc(-c3ccccc3OCC(F)(F)F)c2n1. The van der Waals surface area contributed by atoms with Crippen LogP contribution >= 0.6 is 0 Å². The summed E-state index contributed by atoms with van der Waals surface area (Å²) in [5, 5.41) is 9.70. The predicted octanol–water partition coefficient (Wildman–Crippen LogP) is 5.01. The molecule has 0 aliphatic rings. The third kappa shape index (κ3) is 4.22. The molecule has 28 heavy (non-hydrogen) atoms. The molecular formula is C18H14F6N2O2. The Hall–Kier alpha value is -2.75. The molecule has 0 bridgehead atoms. The van der Waals surface area contributed by atoms with Crippen LogP contribution in [0.3, 0.4) is 0 Å². The van der Waals surface area contributed by atoms with E-state index < -0.39 is 30.6 Å². The van der Waals surface area contributed by atoms with E-state index in [1.807, 2.05) is 0 Å². The lowest BCUT2D eigenvalue weighted by atomic mass is 10.0. The second-order valence-electron chi connectivity index (χ2n) is 6.11. The third-order valence-corrected chi connectivity index (χ3v) is 3.89. The van der Waals surface area contributed by atoms with E-state index in [9.17, 15) is 31.4 Å². The molecule has 3 rings (SSSR count). The Morgan fingerprint density at radius 3 is 2.36 bits per heavy atom. The number of pyridine rings is 1. The van der Waals surface area contributed by atoms with Gasteiger partial charge in [0.2, 0.25) is 0 Å². The first-order valence-corrected chi connectivity index (χ1v) is 8.02. The Morgan fingerprint density at radius 1 is 1.07 bits per heavy atom. The number of benzene rings is 1. The second-order valence-corrected chi connectivity index (χ2v) is 6.11. The largest absolute Gasteiger partial charge is 0.483 e. The fourth-order valence-corrected chi connectivity index (χ4v) is 2.65. The molecule has 2 heterocycles. The number of aliphatic hydroxyl groups excluding tert-OH is 1. The van der Waals surface area contributed by atoms with Crippen LogP contribution in [0.2, 0.25) is 0 Å². The minimum absolute atomic E-state index is 0.0191. The molecular weight excluding hydrogens is 390 g/mol. The summed E-state index contributed by atoms with van der Waals surface area (Å²) in [5.74, 6) is -0.234. The second kappa shape index (κ2) is 7.01. The lowest BCUT2D eigenvalue weighted by molar-refractivity contribution is -0.153. The zero-order valence-electron chi connectivity index (χ0n) is 14.3. The number of rotatable bonds is 4. The molecule has 1 aromatic carbocycles. The number of imidazole rings is 1. The first kappa shape index (κ1) is 20.0. The van der Waals surface area contributed by atoms with Crippen molar-refractivity contribution in [2.75, 3.05) is 6.61 Å². The van der Waals surface area contributed by atoms with Crippen LogP contribution in [0.15, 0.2) is 42.7 Å². The fraction of sp³-hybridized carbons (Fsp3) is 0.278. The smallest absolute Gasteiger partial charge is 0.422 e. The molecule has 0 amide bonds. The van der Waals surface area contributed by atoms with Crippen molar-refractivity contribution in [3.63, 3.8) is 0 Å². The van der Waals surface area contributed by atoms with Crippen LogP contribution in [-0.2, 0) is 6.18 Å². The maximum atomic E-state index is 13.3. The zero-order valence-corrected chi connectivity index (χ0v) is 14.3. The van der Waals surface area contributed by atoms with E-state index >= 15 is 0 Å². The van der Waals surface area contributed by atoms with Gasteiger partial charge in [-0.15, -0.1) is 0 Å². The van der Waals surface area contributed by atoms with Gasteiger partial charge in [0, 0.05) is 23.5 Å². The molecule has 2 aromatic heterocycles. The van der Waals surface area contributed by atoms with Crippen LogP contribution in [0, 0.1) is 0 Å². The molecule has 1 unspecified atom stereocenters. The average Bonchev–Trinajstić information content (AvgIpc) is 3.02. The van der Waals surface area contributed by atoms with Crippen LogP contribution in [0.5, 0.6) is 5.75 Å². The molecule has 0 aliphatic carbocycles. The van der Waals surface area contributed by atoms with Gasteiger partial charge in [-0.3, -0.25) is 0 Å². The van der Waals surface area contributed by atoms with Crippen molar-refractivity contribution in [1.29, 1.82) is 0 Å². The van der Waals surface area contributed by atoms with Crippen molar-refractivity contribution >= 4 is 5.65 Å². The van der Waals surface area contributed by atoms with Crippen LogP contribution < -0.4 is 4.74 Å². The van der Waals surface area contributed by atoms with E-state index in [1.54, 1.807) is 0 Å². The third-order valence-electron chi connectivity index (χ3n) is 3.89. The summed E-state index contributed by atoms with van der Waals surface area (Å²) in [6.45, 7) is -0.195. The van der Waals surface area contributed by atoms with Gasteiger partial charge in [-0.05, 0) is 19.1 Å². The van der Waals surface area contributed by atoms with Gasteiger partial charge in [-0.2, -0.15) is 26.3 Å². The Kier molecular flexibility index (Phi) is 5.00. The summed E-state index contributed by atoms with van der Waals surface area (Å²) in [6, 6.07) is 6.25. The Balaban J connectivity index is 2.22.